The molecule has 0 saturated carbocycles. The van der Waals surface area contributed by atoms with Crippen molar-refractivity contribution in [3.8, 4) is 11.5 Å². The number of carbonyl (C=O) groups is 2. The molecule has 0 spiro atoms. The number of hydrogen-bond donors (Lipinski definition) is 0. The highest BCUT2D eigenvalue weighted by Crippen LogP contribution is 2.50. The van der Waals surface area contributed by atoms with E-state index in [0.29, 0.717) is 48.9 Å². The molecule has 2 aliphatic heterocycles. The molecule has 0 aliphatic carbocycles. The van der Waals surface area contributed by atoms with Crippen LogP contribution in [0.25, 0.3) is 0 Å². The third-order valence-electron chi connectivity index (χ3n) is 7.58. The lowest BCUT2D eigenvalue weighted by molar-refractivity contribution is -0.174. The molecule has 2 amide bonds. The highest BCUT2D eigenvalue weighted by Gasteiger charge is 2.49. The van der Waals surface area contributed by atoms with E-state index in [9.17, 15) is 22.8 Å². The first-order chi connectivity index (χ1) is 20.8. The average Bonchev–Trinajstić information content (AvgIpc) is 3.48. The van der Waals surface area contributed by atoms with Crippen molar-refractivity contribution in [3.63, 3.8) is 0 Å². The van der Waals surface area contributed by atoms with Gasteiger partial charge in [0.2, 0.25) is 0 Å². The fourth-order valence-corrected chi connectivity index (χ4v) is 5.48. The molecule has 2 aliphatic rings. The Balaban J connectivity index is 1.41. The molecule has 44 heavy (non-hydrogen) atoms. The van der Waals surface area contributed by atoms with Crippen molar-refractivity contribution in [3.05, 3.63) is 60.0 Å². The number of anilines is 2. The van der Waals surface area contributed by atoms with Gasteiger partial charge in [-0.25, -0.2) is 14.5 Å². The average molecular weight is 617 g/mol. The van der Waals surface area contributed by atoms with E-state index in [4.69, 9.17) is 14.2 Å². The van der Waals surface area contributed by atoms with Crippen LogP contribution in [0.2, 0.25) is 0 Å². The molecule has 2 aromatic heterocycles. The summed E-state index contributed by atoms with van der Waals surface area (Å²) in [5.74, 6) is 0.765. The molecule has 4 heterocycles. The van der Waals surface area contributed by atoms with Crippen LogP contribution >= 0.6 is 0 Å². The van der Waals surface area contributed by atoms with Crippen LogP contribution in [0.4, 0.5) is 29.5 Å². The monoisotopic (exact) mass is 616 g/mol. The fraction of sp³-hybridized carbons (Fsp3) is 0.467. The molecule has 3 aromatic rings. The van der Waals surface area contributed by atoms with Crippen molar-refractivity contribution in [1.29, 1.82) is 0 Å². The molecule has 1 aromatic carbocycles. The molecule has 0 N–H and O–H groups in total. The van der Waals surface area contributed by atoms with Gasteiger partial charge in [-0.3, -0.25) is 4.79 Å². The number of ether oxygens (including phenoxy) is 3. The quantitative estimate of drug-likeness (QED) is 0.377. The summed E-state index contributed by atoms with van der Waals surface area (Å²) >= 11 is 0. The Morgan fingerprint density at radius 3 is 2.18 bits per heavy atom. The number of halogens is 3. The number of alkyl halides is 3. The molecule has 0 radical (unpaired) electrons. The Kier molecular flexibility index (Phi) is 8.36. The van der Waals surface area contributed by atoms with Crippen LogP contribution in [0.3, 0.4) is 0 Å². The van der Waals surface area contributed by atoms with Crippen molar-refractivity contribution in [1.82, 2.24) is 24.6 Å². The number of carbonyl (C=O) groups excluding carboxylic acids is 2. The Bertz CT molecular complexity index is 1500. The summed E-state index contributed by atoms with van der Waals surface area (Å²) in [5.41, 5.74) is 0.625. The number of aromatic nitrogens is 3. The lowest BCUT2D eigenvalue weighted by Gasteiger charge is -2.41. The van der Waals surface area contributed by atoms with Gasteiger partial charge in [-0.15, -0.1) is 0 Å². The number of rotatable bonds is 5. The van der Waals surface area contributed by atoms with Gasteiger partial charge in [-0.05, 0) is 50.6 Å². The van der Waals surface area contributed by atoms with Gasteiger partial charge >= 0.3 is 12.3 Å². The van der Waals surface area contributed by atoms with Crippen LogP contribution < -0.4 is 14.4 Å². The smallest absolute Gasteiger partial charge is 0.410 e. The Hall–Kier alpha value is -4.49. The number of nitrogens with zero attached hydrogens (tertiary/aromatic N) is 6. The Morgan fingerprint density at radius 2 is 1.59 bits per heavy atom. The Morgan fingerprint density at radius 1 is 0.909 bits per heavy atom. The van der Waals surface area contributed by atoms with E-state index in [-0.39, 0.29) is 23.8 Å². The summed E-state index contributed by atoms with van der Waals surface area (Å²) in [7, 11) is 2.95. The number of fused-ring (bicyclic) bond motifs is 1. The molecule has 2 unspecified atom stereocenters. The van der Waals surface area contributed by atoms with Gasteiger partial charge in [0.1, 0.15) is 17.1 Å². The van der Waals surface area contributed by atoms with Crippen LogP contribution in [0.15, 0.2) is 48.8 Å². The predicted molar refractivity (Wildman–Crippen MR) is 154 cm³/mol. The first-order valence-electron chi connectivity index (χ1n) is 14.2. The zero-order chi connectivity index (χ0) is 31.8. The minimum atomic E-state index is -4.54. The highest BCUT2D eigenvalue weighted by molar-refractivity contribution is 5.92. The minimum absolute atomic E-state index is 0.181. The number of piperazine rings is 1. The van der Waals surface area contributed by atoms with Gasteiger partial charge < -0.3 is 28.9 Å². The highest BCUT2D eigenvalue weighted by atomic mass is 19.4. The lowest BCUT2D eigenvalue weighted by Crippen LogP contribution is -2.51. The fourth-order valence-electron chi connectivity index (χ4n) is 5.48. The maximum atomic E-state index is 14.2. The zero-order valence-corrected chi connectivity index (χ0v) is 25.2. The molecule has 1 fully saturated rings. The molecule has 1 saturated heterocycles. The summed E-state index contributed by atoms with van der Waals surface area (Å²) in [6.45, 7) is 6.65. The number of amides is 2. The van der Waals surface area contributed by atoms with E-state index in [1.54, 1.807) is 65.8 Å². The second-order valence-corrected chi connectivity index (χ2v) is 11.6. The predicted octanol–water partition coefficient (Wildman–Crippen LogP) is 5.37. The molecule has 14 heteroatoms. The van der Waals surface area contributed by atoms with Gasteiger partial charge in [0.05, 0.1) is 38.3 Å². The maximum absolute atomic E-state index is 14.2. The zero-order valence-electron chi connectivity index (χ0n) is 25.2. The van der Waals surface area contributed by atoms with Crippen LogP contribution in [-0.4, -0.2) is 88.7 Å². The number of hydrogen-bond acceptors (Lipinski definition) is 8. The van der Waals surface area contributed by atoms with Crippen LogP contribution in [0.1, 0.15) is 55.3 Å². The van der Waals surface area contributed by atoms with E-state index in [1.807, 2.05) is 0 Å². The van der Waals surface area contributed by atoms with Crippen molar-refractivity contribution >= 4 is 23.5 Å². The van der Waals surface area contributed by atoms with Gasteiger partial charge in [-0.2, -0.15) is 18.3 Å². The SMILES string of the molecule is COc1ccc(C2CC(C(F)(F)F)n3nccc3N2c2ccc(C(=O)N3CCN(C(=O)OC(C)(C)C)CC3)nc2)cc1OC. The van der Waals surface area contributed by atoms with E-state index in [1.165, 1.54) is 32.7 Å². The first-order valence-corrected chi connectivity index (χ1v) is 14.2. The minimum Gasteiger partial charge on any atom is -0.493 e. The van der Waals surface area contributed by atoms with E-state index in [0.717, 1.165) is 4.68 Å². The molecule has 11 nitrogen and oxygen atoms in total. The lowest BCUT2D eigenvalue weighted by atomic mass is 9.94. The second kappa shape index (κ2) is 11.9. The van der Waals surface area contributed by atoms with Crippen LogP contribution in [-0.2, 0) is 4.74 Å². The molecule has 0 bridgehead atoms. The number of pyridine rings is 1. The topological polar surface area (TPSA) is 102 Å². The summed E-state index contributed by atoms with van der Waals surface area (Å²) < 4.78 is 59.9. The van der Waals surface area contributed by atoms with Crippen molar-refractivity contribution in [2.45, 2.75) is 51.1 Å². The van der Waals surface area contributed by atoms with Crippen LogP contribution in [0.5, 0.6) is 11.5 Å². The van der Waals surface area contributed by atoms with Gasteiger partial charge in [0, 0.05) is 38.7 Å². The van der Waals surface area contributed by atoms with Crippen LogP contribution in [0, 0.1) is 0 Å². The standard InChI is InChI=1S/C30H35F3N6O5/c1-29(2,3)44-28(41)37-14-12-36(13-15-37)27(40)21-8-7-20(18-34-21)38-22(19-6-9-23(42-4)24(16-19)43-5)17-25(30(31,32)33)39-26(38)10-11-35-39/h6-11,16,18,22,25H,12-15,17H2,1-5H3. The maximum Gasteiger partial charge on any atom is 0.410 e. The van der Waals surface area contributed by atoms with Crippen molar-refractivity contribution in [2.75, 3.05) is 45.3 Å². The van der Waals surface area contributed by atoms with Crippen molar-refractivity contribution in [2.24, 2.45) is 0 Å². The first kappa shape index (κ1) is 31.0. The summed E-state index contributed by atoms with van der Waals surface area (Å²) in [5, 5.41) is 4.01. The molecule has 236 valence electrons. The Labute approximate surface area is 253 Å². The van der Waals surface area contributed by atoms with Gasteiger partial charge in [0.25, 0.3) is 5.91 Å². The molecular weight excluding hydrogens is 581 g/mol. The van der Waals surface area contributed by atoms with E-state index >= 15 is 0 Å². The van der Waals surface area contributed by atoms with Gasteiger partial charge in [0.15, 0.2) is 17.5 Å². The summed E-state index contributed by atoms with van der Waals surface area (Å²) in [4.78, 5) is 35.0. The summed E-state index contributed by atoms with van der Waals surface area (Å²) in [6, 6.07) is 7.15. The second-order valence-electron chi connectivity index (χ2n) is 11.6. The van der Waals surface area contributed by atoms with Crippen molar-refractivity contribution < 1.29 is 37.0 Å². The largest absolute Gasteiger partial charge is 0.493 e. The summed E-state index contributed by atoms with van der Waals surface area (Å²) in [6.07, 6.45) is -2.48. The van der Waals surface area contributed by atoms with E-state index < -0.39 is 30.0 Å². The third-order valence-corrected chi connectivity index (χ3v) is 7.58. The normalized spacial score (nSPS) is 19.0. The van der Waals surface area contributed by atoms with Gasteiger partial charge in [-0.1, -0.05) is 6.07 Å². The van der Waals surface area contributed by atoms with E-state index in [2.05, 4.69) is 10.1 Å². The molecule has 2 atom stereocenters. The number of methoxy groups -OCH3 is 2. The third kappa shape index (κ3) is 6.24. The number of benzene rings is 1. The molecular formula is C30H35F3N6O5. The molecule has 5 rings (SSSR count).